The number of carbonyl (C=O) groups excluding carboxylic acids is 1. The van der Waals surface area contributed by atoms with Crippen molar-refractivity contribution in [2.24, 2.45) is 0 Å². The molecule has 16 heavy (non-hydrogen) atoms. The van der Waals surface area contributed by atoms with Crippen molar-refractivity contribution >= 4 is 15.7 Å². The van der Waals surface area contributed by atoms with Crippen molar-refractivity contribution in [3.63, 3.8) is 0 Å². The molecular formula is C10H18N2O3S. The van der Waals surface area contributed by atoms with Gasteiger partial charge in [-0.3, -0.25) is 4.79 Å². The highest BCUT2D eigenvalue weighted by Crippen LogP contribution is 2.15. The normalized spacial score (nSPS) is 13.9. The van der Waals surface area contributed by atoms with E-state index in [0.717, 1.165) is 12.7 Å². The second-order valence-corrected chi connectivity index (χ2v) is 6.79. The smallest absolute Gasteiger partial charge is 0.241 e. The van der Waals surface area contributed by atoms with Gasteiger partial charge in [0.1, 0.15) is 10.8 Å². The number of nitrogens with zero attached hydrogens (tertiary/aromatic N) is 1. The van der Waals surface area contributed by atoms with E-state index < -0.39 is 26.5 Å². The molecule has 0 radical (unpaired) electrons. The van der Waals surface area contributed by atoms with Crippen LogP contribution >= 0.6 is 0 Å². The third kappa shape index (κ3) is 3.49. The summed E-state index contributed by atoms with van der Waals surface area (Å²) in [7, 11) is -3.49. The van der Waals surface area contributed by atoms with Crippen LogP contribution in [0, 0.1) is 11.3 Å². The van der Waals surface area contributed by atoms with Crippen LogP contribution in [0.2, 0.25) is 0 Å². The summed E-state index contributed by atoms with van der Waals surface area (Å²) >= 11 is 0. The van der Waals surface area contributed by atoms with E-state index in [0.29, 0.717) is 6.42 Å². The van der Waals surface area contributed by atoms with Crippen LogP contribution in [-0.4, -0.2) is 31.4 Å². The first-order valence-electron chi connectivity index (χ1n) is 5.07. The molecule has 0 rings (SSSR count). The lowest BCUT2D eigenvalue weighted by molar-refractivity contribution is -0.123. The van der Waals surface area contributed by atoms with Crippen molar-refractivity contribution in [3.05, 3.63) is 0 Å². The summed E-state index contributed by atoms with van der Waals surface area (Å²) < 4.78 is 21.3. The van der Waals surface area contributed by atoms with Crippen LogP contribution in [0.5, 0.6) is 0 Å². The number of nitriles is 1. The van der Waals surface area contributed by atoms with E-state index in [1.54, 1.807) is 0 Å². The van der Waals surface area contributed by atoms with Crippen molar-refractivity contribution in [3.8, 4) is 6.07 Å². The molecule has 0 aromatic rings. The highest BCUT2D eigenvalue weighted by atomic mass is 32.2. The fourth-order valence-corrected chi connectivity index (χ4v) is 1.35. The monoisotopic (exact) mass is 246 g/mol. The molecule has 6 heteroatoms. The topological polar surface area (TPSA) is 87.0 Å². The highest BCUT2D eigenvalue weighted by Gasteiger charge is 2.39. The van der Waals surface area contributed by atoms with Gasteiger partial charge in [-0.15, -0.1) is 0 Å². The second-order valence-electron chi connectivity index (χ2n) is 4.23. The minimum absolute atomic E-state index is 0.516. The summed E-state index contributed by atoms with van der Waals surface area (Å²) in [5, 5.41) is 11.2. The van der Waals surface area contributed by atoms with E-state index in [1.807, 2.05) is 13.0 Å². The maximum absolute atomic E-state index is 11.7. The molecule has 0 aliphatic heterocycles. The first-order valence-corrected chi connectivity index (χ1v) is 6.96. The maximum Gasteiger partial charge on any atom is 0.241 e. The molecule has 0 aromatic carbocycles. The van der Waals surface area contributed by atoms with E-state index >= 15 is 0 Å². The fourth-order valence-electron chi connectivity index (χ4n) is 0.958. The van der Waals surface area contributed by atoms with Crippen LogP contribution in [-0.2, 0) is 14.6 Å². The molecule has 0 saturated carbocycles. The summed E-state index contributed by atoms with van der Waals surface area (Å²) in [5.41, 5.74) is 0. The number of hydrogen-bond donors (Lipinski definition) is 1. The summed E-state index contributed by atoms with van der Waals surface area (Å²) in [6.07, 6.45) is 2.27. The van der Waals surface area contributed by atoms with E-state index in [2.05, 4.69) is 5.32 Å². The lowest BCUT2D eigenvalue weighted by Crippen LogP contribution is -2.50. The number of carbonyl (C=O) groups is 1. The molecule has 0 aliphatic rings. The third-order valence-corrected chi connectivity index (χ3v) is 4.55. The Morgan fingerprint density at radius 1 is 1.50 bits per heavy atom. The number of nitrogens with one attached hydrogen (secondary N) is 1. The molecule has 1 unspecified atom stereocenters. The third-order valence-electron chi connectivity index (χ3n) is 2.51. The van der Waals surface area contributed by atoms with Crippen LogP contribution in [0.4, 0.5) is 0 Å². The molecule has 0 saturated heterocycles. The molecule has 5 nitrogen and oxygen atoms in total. The molecule has 1 N–H and O–H groups in total. The van der Waals surface area contributed by atoms with Crippen LogP contribution < -0.4 is 5.32 Å². The molecule has 0 fully saturated rings. The van der Waals surface area contributed by atoms with Crippen LogP contribution in [0.25, 0.3) is 0 Å². The van der Waals surface area contributed by atoms with Crippen molar-refractivity contribution in [1.29, 1.82) is 5.26 Å². The van der Waals surface area contributed by atoms with Gasteiger partial charge in [0.05, 0.1) is 6.07 Å². The van der Waals surface area contributed by atoms with Gasteiger partial charge in [0.2, 0.25) is 5.91 Å². The number of sulfone groups is 1. The van der Waals surface area contributed by atoms with Gasteiger partial charge in [0, 0.05) is 6.26 Å². The zero-order valence-corrected chi connectivity index (χ0v) is 10.9. The minimum atomic E-state index is -3.49. The maximum atomic E-state index is 11.7. The molecule has 92 valence electrons. The van der Waals surface area contributed by atoms with Gasteiger partial charge in [-0.1, -0.05) is 13.3 Å². The van der Waals surface area contributed by atoms with E-state index in [4.69, 9.17) is 5.26 Å². The van der Waals surface area contributed by atoms with Gasteiger partial charge in [0.25, 0.3) is 0 Å². The predicted octanol–water partition coefficient (Wildman–Crippen LogP) is 0.618. The molecular weight excluding hydrogens is 228 g/mol. The zero-order valence-electron chi connectivity index (χ0n) is 10.1. The van der Waals surface area contributed by atoms with Crippen molar-refractivity contribution in [2.75, 3.05) is 6.26 Å². The average molecular weight is 246 g/mol. The lowest BCUT2D eigenvalue weighted by atomic mass is 10.1. The Hall–Kier alpha value is -1.09. The molecule has 1 amide bonds. The second kappa shape index (κ2) is 5.30. The Bertz CT molecular complexity index is 393. The Morgan fingerprint density at radius 2 is 2.00 bits per heavy atom. The molecule has 0 bridgehead atoms. The Balaban J connectivity index is 4.78. The predicted molar refractivity (Wildman–Crippen MR) is 61.4 cm³/mol. The SMILES string of the molecule is CCCC(C#N)NC(=O)C(C)(C)S(C)(=O)=O. The number of hydrogen-bond acceptors (Lipinski definition) is 4. The minimum Gasteiger partial charge on any atom is -0.339 e. The molecule has 0 aliphatic carbocycles. The summed E-state index contributed by atoms with van der Waals surface area (Å²) in [6, 6.07) is 1.30. The molecule has 0 heterocycles. The van der Waals surface area contributed by atoms with Gasteiger partial charge in [-0.05, 0) is 20.3 Å². The summed E-state index contributed by atoms with van der Waals surface area (Å²) in [4.78, 5) is 11.7. The fraction of sp³-hybridized carbons (Fsp3) is 0.800. The Morgan fingerprint density at radius 3 is 2.31 bits per heavy atom. The summed E-state index contributed by atoms with van der Waals surface area (Å²) in [6.45, 7) is 4.55. The van der Waals surface area contributed by atoms with Crippen molar-refractivity contribution in [1.82, 2.24) is 5.32 Å². The van der Waals surface area contributed by atoms with Crippen molar-refractivity contribution in [2.45, 2.75) is 44.4 Å². The van der Waals surface area contributed by atoms with Gasteiger partial charge in [-0.25, -0.2) is 8.42 Å². The van der Waals surface area contributed by atoms with Crippen LogP contribution in [0.15, 0.2) is 0 Å². The Labute approximate surface area is 96.8 Å². The first-order chi connectivity index (χ1) is 7.16. The molecule has 0 spiro atoms. The standard InChI is InChI=1S/C10H18N2O3S/c1-5-6-8(7-11)12-9(13)10(2,3)16(4,14)15/h8H,5-6H2,1-4H3,(H,12,13). The molecule has 0 aromatic heterocycles. The quantitative estimate of drug-likeness (QED) is 0.770. The van der Waals surface area contributed by atoms with Gasteiger partial charge in [0.15, 0.2) is 9.84 Å². The largest absolute Gasteiger partial charge is 0.339 e. The van der Waals surface area contributed by atoms with E-state index in [1.165, 1.54) is 13.8 Å². The molecule has 1 atom stereocenters. The van der Waals surface area contributed by atoms with E-state index in [9.17, 15) is 13.2 Å². The lowest BCUT2D eigenvalue weighted by Gasteiger charge is -2.23. The van der Waals surface area contributed by atoms with Gasteiger partial charge >= 0.3 is 0 Å². The van der Waals surface area contributed by atoms with Gasteiger partial charge in [-0.2, -0.15) is 5.26 Å². The van der Waals surface area contributed by atoms with Crippen molar-refractivity contribution < 1.29 is 13.2 Å². The van der Waals surface area contributed by atoms with Gasteiger partial charge < -0.3 is 5.32 Å². The number of rotatable bonds is 5. The highest BCUT2D eigenvalue weighted by molar-refractivity contribution is 7.92. The number of amides is 1. The zero-order chi connectivity index (χ0) is 13.0. The summed E-state index contributed by atoms with van der Waals surface area (Å²) in [5.74, 6) is -0.630. The van der Waals surface area contributed by atoms with E-state index in [-0.39, 0.29) is 0 Å². The Kier molecular flexibility index (Phi) is 4.94. The van der Waals surface area contributed by atoms with Crippen LogP contribution in [0.3, 0.4) is 0 Å². The average Bonchev–Trinajstić information content (AvgIpc) is 2.15. The first kappa shape index (κ1) is 14.9. The van der Waals surface area contributed by atoms with Crippen LogP contribution in [0.1, 0.15) is 33.6 Å².